The summed E-state index contributed by atoms with van der Waals surface area (Å²) in [5.74, 6) is 1.80. The summed E-state index contributed by atoms with van der Waals surface area (Å²) in [4.78, 5) is 42.5. The number of amides is 2. The third-order valence-electron chi connectivity index (χ3n) is 9.73. The average Bonchev–Trinajstić information content (AvgIpc) is 3.37. The van der Waals surface area contributed by atoms with Crippen molar-refractivity contribution in [3.8, 4) is 22.9 Å². The summed E-state index contributed by atoms with van der Waals surface area (Å²) in [6.45, 7) is 3.68. The number of piperidine rings is 1. The van der Waals surface area contributed by atoms with Gasteiger partial charge in [0, 0.05) is 48.8 Å². The van der Waals surface area contributed by atoms with E-state index in [-0.39, 0.29) is 17.4 Å². The van der Waals surface area contributed by atoms with Crippen molar-refractivity contribution in [1.29, 1.82) is 0 Å². The molecule has 4 heterocycles. The number of pyridine rings is 1. The summed E-state index contributed by atoms with van der Waals surface area (Å²) < 4.78 is 6.63. The second kappa shape index (κ2) is 12.0. The molecule has 2 amide bonds. The van der Waals surface area contributed by atoms with Gasteiger partial charge in [-0.1, -0.05) is 43.5 Å². The number of fused-ring (bicyclic) bond motifs is 1. The first-order valence-electron chi connectivity index (χ1n) is 16.0. The standard InChI is InChI=1S/C35H38N6O4/c1-23-12-13-25-26(9-5-11-29(25)41-21-17-35(32(41)42)15-3-2-4-16-35)30(23)45-31-27(10-6-18-36-31)28-14-19-37-33(39-28)38-24-8-7-20-40(22-24)34(43)44/h5-6,9-14,18-19,24H,2-4,7-8,15-17,20-22H2,1H3,(H,43,44)(H,37,38,39)/t24-/m0/s1. The van der Waals surface area contributed by atoms with Gasteiger partial charge in [-0.25, -0.2) is 19.7 Å². The number of nitrogens with one attached hydrogen (secondary N) is 1. The second-order valence-corrected chi connectivity index (χ2v) is 12.6. The van der Waals surface area contributed by atoms with Crippen LogP contribution in [0.2, 0.25) is 0 Å². The summed E-state index contributed by atoms with van der Waals surface area (Å²) >= 11 is 0. The van der Waals surface area contributed by atoms with Crippen LogP contribution in [-0.2, 0) is 4.79 Å². The van der Waals surface area contributed by atoms with Crippen molar-refractivity contribution >= 4 is 34.4 Å². The van der Waals surface area contributed by atoms with Crippen molar-refractivity contribution in [2.24, 2.45) is 5.41 Å². The Labute approximate surface area is 262 Å². The molecule has 2 aromatic heterocycles. The Morgan fingerprint density at radius 2 is 1.82 bits per heavy atom. The lowest BCUT2D eigenvalue weighted by Gasteiger charge is -2.31. The molecule has 1 spiro atoms. The topological polar surface area (TPSA) is 121 Å². The number of carboxylic acid groups (broad SMARTS) is 1. The van der Waals surface area contributed by atoms with Gasteiger partial charge in [0.15, 0.2) is 0 Å². The molecule has 45 heavy (non-hydrogen) atoms. The predicted octanol–water partition coefficient (Wildman–Crippen LogP) is 7.03. The van der Waals surface area contributed by atoms with E-state index in [2.05, 4.69) is 21.4 Å². The molecule has 10 nitrogen and oxygen atoms in total. The Morgan fingerprint density at radius 3 is 2.67 bits per heavy atom. The Hall–Kier alpha value is -4.73. The molecular formula is C35H38N6O4. The van der Waals surface area contributed by atoms with Crippen LogP contribution in [0.3, 0.4) is 0 Å². The summed E-state index contributed by atoms with van der Waals surface area (Å²) in [7, 11) is 0. The molecule has 2 aliphatic heterocycles. The van der Waals surface area contributed by atoms with Crippen LogP contribution in [0.15, 0.2) is 60.9 Å². The van der Waals surface area contributed by atoms with Gasteiger partial charge in [-0.15, -0.1) is 0 Å². The molecule has 2 N–H and O–H groups in total. The first kappa shape index (κ1) is 29.0. The van der Waals surface area contributed by atoms with E-state index in [1.54, 1.807) is 12.4 Å². The zero-order valence-corrected chi connectivity index (χ0v) is 25.5. The number of likely N-dealkylation sites (tertiary alicyclic amines) is 1. The Bertz CT molecular complexity index is 1750. The van der Waals surface area contributed by atoms with E-state index in [1.807, 2.05) is 54.3 Å². The minimum Gasteiger partial charge on any atom is -0.465 e. The largest absolute Gasteiger partial charge is 0.465 e. The van der Waals surface area contributed by atoms with Crippen molar-refractivity contribution in [2.45, 2.75) is 64.3 Å². The van der Waals surface area contributed by atoms with E-state index in [4.69, 9.17) is 9.72 Å². The number of hydrogen-bond acceptors (Lipinski definition) is 7. The van der Waals surface area contributed by atoms with E-state index in [1.165, 1.54) is 11.3 Å². The average molecular weight is 607 g/mol. The third kappa shape index (κ3) is 5.54. The molecule has 2 saturated heterocycles. The van der Waals surface area contributed by atoms with Gasteiger partial charge >= 0.3 is 6.09 Å². The lowest BCUT2D eigenvalue weighted by Crippen LogP contribution is -2.44. The van der Waals surface area contributed by atoms with Crippen molar-refractivity contribution in [3.63, 3.8) is 0 Å². The number of ether oxygens (including phenoxy) is 1. The minimum atomic E-state index is -0.913. The summed E-state index contributed by atoms with van der Waals surface area (Å²) in [6.07, 6.45) is 10.5. The highest BCUT2D eigenvalue weighted by Gasteiger charge is 2.47. The van der Waals surface area contributed by atoms with Crippen LogP contribution >= 0.6 is 0 Å². The fraction of sp³-hybridized carbons (Fsp3) is 0.400. The van der Waals surface area contributed by atoms with E-state index < -0.39 is 6.09 Å². The number of carbonyl (C=O) groups excluding carboxylic acids is 1. The fourth-order valence-corrected chi connectivity index (χ4v) is 7.33. The zero-order chi connectivity index (χ0) is 31.0. The molecule has 0 unspecified atom stereocenters. The van der Waals surface area contributed by atoms with Gasteiger partial charge in [-0.05, 0) is 68.9 Å². The van der Waals surface area contributed by atoms with Gasteiger partial charge in [0.2, 0.25) is 17.7 Å². The molecule has 0 bridgehead atoms. The quantitative estimate of drug-likeness (QED) is 0.240. The molecule has 232 valence electrons. The third-order valence-corrected chi connectivity index (χ3v) is 9.73. The zero-order valence-electron chi connectivity index (χ0n) is 25.5. The number of carbonyl (C=O) groups is 2. The molecule has 1 aliphatic carbocycles. The van der Waals surface area contributed by atoms with Gasteiger partial charge in [-0.2, -0.15) is 0 Å². The maximum Gasteiger partial charge on any atom is 0.407 e. The summed E-state index contributed by atoms with van der Waals surface area (Å²) in [6, 6.07) is 15.7. The van der Waals surface area contributed by atoms with E-state index >= 15 is 0 Å². The Balaban J connectivity index is 1.18. The second-order valence-electron chi connectivity index (χ2n) is 12.6. The molecule has 4 aromatic rings. The van der Waals surface area contributed by atoms with Crippen LogP contribution in [0.4, 0.5) is 16.4 Å². The smallest absolute Gasteiger partial charge is 0.407 e. The van der Waals surface area contributed by atoms with E-state index in [0.717, 1.165) is 73.5 Å². The summed E-state index contributed by atoms with van der Waals surface area (Å²) in [5, 5.41) is 14.6. The van der Waals surface area contributed by atoms with Gasteiger partial charge in [0.25, 0.3) is 0 Å². The minimum absolute atomic E-state index is 0.0715. The lowest BCUT2D eigenvalue weighted by atomic mass is 9.73. The number of nitrogens with zero attached hydrogens (tertiary/aromatic N) is 5. The number of rotatable bonds is 6. The van der Waals surface area contributed by atoms with Crippen LogP contribution in [-0.4, -0.2) is 62.6 Å². The highest BCUT2D eigenvalue weighted by atomic mass is 16.5. The molecule has 10 heteroatoms. The maximum absolute atomic E-state index is 13.8. The van der Waals surface area contributed by atoms with Gasteiger partial charge in [-0.3, -0.25) is 4.79 Å². The monoisotopic (exact) mass is 606 g/mol. The normalized spacial score (nSPS) is 19.7. The Kier molecular flexibility index (Phi) is 7.73. The highest BCUT2D eigenvalue weighted by molar-refractivity contribution is 6.08. The lowest BCUT2D eigenvalue weighted by molar-refractivity contribution is -0.127. The highest BCUT2D eigenvalue weighted by Crippen LogP contribution is 2.48. The molecule has 3 fully saturated rings. The SMILES string of the molecule is Cc1ccc2c(N3CCC4(CCCCC4)C3=O)cccc2c1Oc1ncccc1-c1ccnc(N[C@H]2CCCN(C(=O)O)C2)n1. The number of aryl methyl sites for hydroxylation is 1. The van der Waals surface area contributed by atoms with Crippen molar-refractivity contribution < 1.29 is 19.4 Å². The molecule has 1 atom stereocenters. The number of anilines is 2. The number of aromatic nitrogens is 3. The van der Waals surface area contributed by atoms with Gasteiger partial charge in [0.05, 0.1) is 22.4 Å². The molecule has 3 aliphatic rings. The predicted molar refractivity (Wildman–Crippen MR) is 173 cm³/mol. The molecular weight excluding hydrogens is 568 g/mol. The van der Waals surface area contributed by atoms with Crippen LogP contribution in [0.25, 0.3) is 22.0 Å². The Morgan fingerprint density at radius 1 is 0.956 bits per heavy atom. The van der Waals surface area contributed by atoms with E-state index in [0.29, 0.717) is 41.9 Å². The van der Waals surface area contributed by atoms with Crippen molar-refractivity contribution in [3.05, 3.63) is 66.5 Å². The fourth-order valence-electron chi connectivity index (χ4n) is 7.33. The van der Waals surface area contributed by atoms with Gasteiger partial charge in [0.1, 0.15) is 5.75 Å². The van der Waals surface area contributed by atoms with Gasteiger partial charge < -0.3 is 25.0 Å². The number of benzene rings is 2. The molecule has 2 aromatic carbocycles. The molecule has 1 saturated carbocycles. The van der Waals surface area contributed by atoms with Crippen LogP contribution in [0.5, 0.6) is 11.6 Å². The van der Waals surface area contributed by atoms with Crippen LogP contribution in [0.1, 0.15) is 56.9 Å². The summed E-state index contributed by atoms with van der Waals surface area (Å²) in [5.41, 5.74) is 3.03. The molecule has 7 rings (SSSR count). The van der Waals surface area contributed by atoms with Crippen molar-refractivity contribution in [2.75, 3.05) is 29.9 Å². The van der Waals surface area contributed by atoms with Crippen LogP contribution < -0.4 is 15.0 Å². The first-order chi connectivity index (χ1) is 21.9. The molecule has 0 radical (unpaired) electrons. The van der Waals surface area contributed by atoms with E-state index in [9.17, 15) is 14.7 Å². The van der Waals surface area contributed by atoms with Crippen molar-refractivity contribution in [1.82, 2.24) is 19.9 Å². The first-order valence-corrected chi connectivity index (χ1v) is 16.0. The maximum atomic E-state index is 13.8. The number of hydrogen-bond donors (Lipinski definition) is 2. The van der Waals surface area contributed by atoms with Crippen LogP contribution in [0, 0.1) is 12.3 Å².